The normalized spacial score (nSPS) is 15.1. The fourth-order valence-electron chi connectivity index (χ4n) is 1.42. The molecule has 1 heterocycles. The molecule has 0 amide bonds. The van der Waals surface area contributed by atoms with Crippen molar-refractivity contribution in [3.8, 4) is 0 Å². The van der Waals surface area contributed by atoms with Crippen LogP contribution in [0.2, 0.25) is 0 Å². The number of aromatic nitrogens is 1. The Kier molecular flexibility index (Phi) is 4.56. The third-order valence-electron chi connectivity index (χ3n) is 2.53. The number of hydrogen-bond acceptors (Lipinski definition) is 3. The van der Waals surface area contributed by atoms with Crippen molar-refractivity contribution in [3.05, 3.63) is 30.1 Å². The minimum Gasteiger partial charge on any atom is -0.385 e. The molecule has 1 rings (SSSR count). The number of methoxy groups -OCH3 is 1. The second kappa shape index (κ2) is 5.73. The van der Waals surface area contributed by atoms with Crippen LogP contribution in [0.1, 0.15) is 24.8 Å². The molecule has 2 atom stereocenters. The van der Waals surface area contributed by atoms with Crippen LogP contribution in [0.25, 0.3) is 0 Å². The second-order valence-corrected chi connectivity index (χ2v) is 3.51. The summed E-state index contributed by atoms with van der Waals surface area (Å²) in [5.41, 5.74) is 7.27. The highest BCUT2D eigenvalue weighted by molar-refractivity contribution is 5.16. The highest BCUT2D eigenvalue weighted by Gasteiger charge is 2.13. The summed E-state index contributed by atoms with van der Waals surface area (Å²) >= 11 is 0. The molecule has 2 N–H and O–H groups in total. The van der Waals surface area contributed by atoms with Crippen LogP contribution in [0.15, 0.2) is 24.5 Å². The summed E-state index contributed by atoms with van der Waals surface area (Å²) in [5.74, 6) is 0.355. The fourth-order valence-corrected chi connectivity index (χ4v) is 1.42. The average molecular weight is 194 g/mol. The van der Waals surface area contributed by atoms with E-state index in [1.54, 1.807) is 19.5 Å². The zero-order valence-electron chi connectivity index (χ0n) is 8.81. The van der Waals surface area contributed by atoms with Crippen LogP contribution in [0.3, 0.4) is 0 Å². The molecule has 1 aromatic heterocycles. The summed E-state index contributed by atoms with van der Waals surface area (Å²) in [6.45, 7) is 2.85. The highest BCUT2D eigenvalue weighted by atomic mass is 16.5. The number of rotatable bonds is 5. The van der Waals surface area contributed by atoms with Crippen molar-refractivity contribution in [3.63, 3.8) is 0 Å². The standard InChI is InChI=1S/C11H18N2O/c1-9(11(12)5-8-14-2)10-3-6-13-7-4-10/h3-4,6-7,9,11H,5,8,12H2,1-2H3. The first-order valence-electron chi connectivity index (χ1n) is 4.90. The van der Waals surface area contributed by atoms with Gasteiger partial charge in [-0.15, -0.1) is 0 Å². The first kappa shape index (κ1) is 11.1. The van der Waals surface area contributed by atoms with Crippen molar-refractivity contribution < 1.29 is 4.74 Å². The minimum atomic E-state index is 0.150. The molecule has 78 valence electrons. The van der Waals surface area contributed by atoms with Crippen LogP contribution in [0.4, 0.5) is 0 Å². The van der Waals surface area contributed by atoms with Gasteiger partial charge in [0.2, 0.25) is 0 Å². The maximum absolute atomic E-state index is 6.03. The van der Waals surface area contributed by atoms with Crippen molar-refractivity contribution >= 4 is 0 Å². The molecule has 0 spiro atoms. The molecule has 2 unspecified atom stereocenters. The Bertz CT molecular complexity index is 251. The van der Waals surface area contributed by atoms with Gasteiger partial charge in [0.05, 0.1) is 0 Å². The van der Waals surface area contributed by atoms with Crippen molar-refractivity contribution in [1.29, 1.82) is 0 Å². The molecule has 0 aliphatic carbocycles. The maximum Gasteiger partial charge on any atom is 0.0477 e. The van der Waals surface area contributed by atoms with Gasteiger partial charge >= 0.3 is 0 Å². The Morgan fingerprint density at radius 3 is 2.64 bits per heavy atom. The third kappa shape index (κ3) is 3.09. The van der Waals surface area contributed by atoms with E-state index in [9.17, 15) is 0 Å². The lowest BCUT2D eigenvalue weighted by molar-refractivity contribution is 0.185. The second-order valence-electron chi connectivity index (χ2n) is 3.51. The van der Waals surface area contributed by atoms with Crippen LogP contribution in [0, 0.1) is 0 Å². The van der Waals surface area contributed by atoms with Gasteiger partial charge in [-0.1, -0.05) is 6.92 Å². The number of nitrogens with two attached hydrogens (primary N) is 1. The molecule has 0 bridgehead atoms. The van der Waals surface area contributed by atoms with E-state index in [4.69, 9.17) is 10.5 Å². The average Bonchev–Trinajstić information content (AvgIpc) is 2.26. The SMILES string of the molecule is COCCC(N)C(C)c1ccncc1. The molecule has 3 heteroatoms. The van der Waals surface area contributed by atoms with E-state index in [1.165, 1.54) is 5.56 Å². The van der Waals surface area contributed by atoms with Gasteiger partial charge in [0.1, 0.15) is 0 Å². The van der Waals surface area contributed by atoms with Crippen molar-refractivity contribution in [2.75, 3.05) is 13.7 Å². The monoisotopic (exact) mass is 194 g/mol. The van der Waals surface area contributed by atoms with Crippen LogP contribution >= 0.6 is 0 Å². The summed E-state index contributed by atoms with van der Waals surface area (Å²) in [5, 5.41) is 0. The Balaban J connectivity index is 2.52. The smallest absolute Gasteiger partial charge is 0.0477 e. The molecule has 0 fully saturated rings. The third-order valence-corrected chi connectivity index (χ3v) is 2.53. The summed E-state index contributed by atoms with van der Waals surface area (Å²) in [6, 6.07) is 4.17. The Morgan fingerprint density at radius 2 is 2.07 bits per heavy atom. The van der Waals surface area contributed by atoms with E-state index in [2.05, 4.69) is 11.9 Å². The highest BCUT2D eigenvalue weighted by Crippen LogP contribution is 2.18. The van der Waals surface area contributed by atoms with E-state index in [-0.39, 0.29) is 6.04 Å². The van der Waals surface area contributed by atoms with Gasteiger partial charge in [-0.2, -0.15) is 0 Å². The lowest BCUT2D eigenvalue weighted by atomic mass is 9.93. The van der Waals surface area contributed by atoms with Gasteiger partial charge in [-0.05, 0) is 30.0 Å². The van der Waals surface area contributed by atoms with Crippen LogP contribution in [-0.4, -0.2) is 24.7 Å². The Labute approximate surface area is 85.3 Å². The fraction of sp³-hybridized carbons (Fsp3) is 0.545. The summed E-state index contributed by atoms with van der Waals surface area (Å²) in [6.07, 6.45) is 4.49. The topological polar surface area (TPSA) is 48.1 Å². The lowest BCUT2D eigenvalue weighted by Gasteiger charge is -2.19. The minimum absolute atomic E-state index is 0.150. The molecular weight excluding hydrogens is 176 g/mol. The van der Waals surface area contributed by atoms with Crippen LogP contribution in [-0.2, 0) is 4.74 Å². The van der Waals surface area contributed by atoms with Gasteiger partial charge in [-0.25, -0.2) is 0 Å². The largest absolute Gasteiger partial charge is 0.385 e. The molecule has 0 aliphatic rings. The number of nitrogens with zero attached hydrogens (tertiary/aromatic N) is 1. The number of hydrogen-bond donors (Lipinski definition) is 1. The van der Waals surface area contributed by atoms with Crippen LogP contribution in [0.5, 0.6) is 0 Å². The van der Waals surface area contributed by atoms with E-state index < -0.39 is 0 Å². The lowest BCUT2D eigenvalue weighted by Crippen LogP contribution is -2.28. The summed E-state index contributed by atoms with van der Waals surface area (Å²) in [4.78, 5) is 3.98. The van der Waals surface area contributed by atoms with Crippen molar-refractivity contribution in [2.24, 2.45) is 5.73 Å². The van der Waals surface area contributed by atoms with E-state index in [0.717, 1.165) is 13.0 Å². The molecule has 0 aliphatic heterocycles. The molecule has 1 aromatic rings. The molecule has 14 heavy (non-hydrogen) atoms. The van der Waals surface area contributed by atoms with E-state index in [0.29, 0.717) is 5.92 Å². The maximum atomic E-state index is 6.03. The molecule has 0 radical (unpaired) electrons. The van der Waals surface area contributed by atoms with Gasteiger partial charge in [0.15, 0.2) is 0 Å². The van der Waals surface area contributed by atoms with Gasteiger partial charge < -0.3 is 10.5 Å². The van der Waals surface area contributed by atoms with Crippen LogP contribution < -0.4 is 5.73 Å². The zero-order valence-corrected chi connectivity index (χ0v) is 8.81. The summed E-state index contributed by atoms with van der Waals surface area (Å²) in [7, 11) is 1.70. The van der Waals surface area contributed by atoms with Gasteiger partial charge in [0, 0.05) is 32.2 Å². The van der Waals surface area contributed by atoms with Gasteiger partial charge in [-0.3, -0.25) is 4.98 Å². The molecular formula is C11H18N2O. The quantitative estimate of drug-likeness (QED) is 0.773. The molecule has 0 aromatic carbocycles. The van der Waals surface area contributed by atoms with Gasteiger partial charge in [0.25, 0.3) is 0 Å². The molecule has 3 nitrogen and oxygen atoms in total. The molecule has 0 saturated carbocycles. The zero-order chi connectivity index (χ0) is 10.4. The predicted octanol–water partition coefficient (Wildman–Crippen LogP) is 1.55. The van der Waals surface area contributed by atoms with Crippen molar-refractivity contribution in [2.45, 2.75) is 25.3 Å². The first-order chi connectivity index (χ1) is 6.75. The summed E-state index contributed by atoms with van der Waals surface area (Å²) < 4.78 is 5.01. The Hall–Kier alpha value is -0.930. The molecule has 0 saturated heterocycles. The Morgan fingerprint density at radius 1 is 1.43 bits per heavy atom. The first-order valence-corrected chi connectivity index (χ1v) is 4.90. The van der Waals surface area contributed by atoms with Crippen molar-refractivity contribution in [1.82, 2.24) is 4.98 Å². The number of pyridine rings is 1. The number of ether oxygens (including phenoxy) is 1. The predicted molar refractivity (Wildman–Crippen MR) is 57.1 cm³/mol. The van der Waals surface area contributed by atoms with E-state index in [1.807, 2.05) is 12.1 Å². The van der Waals surface area contributed by atoms with E-state index >= 15 is 0 Å².